The topological polar surface area (TPSA) is 17.1 Å². The van der Waals surface area contributed by atoms with Crippen molar-refractivity contribution in [1.82, 2.24) is 0 Å². The molecule has 0 unspecified atom stereocenters. The van der Waals surface area contributed by atoms with E-state index < -0.39 is 0 Å². The smallest absolute Gasteiger partial charge is 0.177 e. The molecule has 0 radical (unpaired) electrons. The van der Waals surface area contributed by atoms with Crippen molar-refractivity contribution in [1.29, 1.82) is 0 Å². The van der Waals surface area contributed by atoms with Gasteiger partial charge in [-0.15, -0.1) is 11.3 Å². The first-order valence-electron chi connectivity index (χ1n) is 5.06. The third-order valence-corrected chi connectivity index (χ3v) is 4.17. The number of ketones is 1. The Morgan fingerprint density at radius 3 is 2.64 bits per heavy atom. The fourth-order valence-electron chi connectivity index (χ4n) is 2.02. The average molecular weight is 229 g/mol. The lowest BCUT2D eigenvalue weighted by molar-refractivity contribution is 0.0894. The highest BCUT2D eigenvalue weighted by molar-refractivity contribution is 7.12. The summed E-state index contributed by atoms with van der Waals surface area (Å²) >= 11 is 7.41. The second kappa shape index (κ2) is 4.45. The predicted octanol–water partition coefficient (Wildman–Crippen LogP) is 4.16. The SMILES string of the molecule is O=C(c1sccc1Cl)C1CCCCC1. The molecular formula is C11H13ClOS. The highest BCUT2D eigenvalue weighted by Gasteiger charge is 2.24. The normalized spacial score (nSPS) is 18.4. The molecule has 1 heterocycles. The second-order valence-electron chi connectivity index (χ2n) is 3.80. The van der Waals surface area contributed by atoms with Crippen LogP contribution in [-0.2, 0) is 0 Å². The van der Waals surface area contributed by atoms with Crippen molar-refractivity contribution in [3.63, 3.8) is 0 Å². The minimum absolute atomic E-state index is 0.236. The van der Waals surface area contributed by atoms with Crippen LogP contribution in [0, 0.1) is 5.92 Å². The van der Waals surface area contributed by atoms with Crippen molar-refractivity contribution < 1.29 is 4.79 Å². The molecule has 0 N–H and O–H groups in total. The Balaban J connectivity index is 2.11. The molecule has 2 rings (SSSR count). The van der Waals surface area contributed by atoms with Crippen LogP contribution in [0.4, 0.5) is 0 Å². The van der Waals surface area contributed by atoms with E-state index in [2.05, 4.69) is 0 Å². The highest BCUT2D eigenvalue weighted by Crippen LogP contribution is 2.31. The summed E-state index contributed by atoms with van der Waals surface area (Å²) in [5, 5.41) is 2.52. The summed E-state index contributed by atoms with van der Waals surface area (Å²) in [5.74, 6) is 0.504. The van der Waals surface area contributed by atoms with E-state index in [9.17, 15) is 4.79 Å². The van der Waals surface area contributed by atoms with Gasteiger partial charge in [-0.1, -0.05) is 30.9 Å². The van der Waals surface area contributed by atoms with E-state index in [-0.39, 0.29) is 11.7 Å². The number of carbonyl (C=O) groups excluding carboxylic acids is 1. The maximum atomic E-state index is 12.0. The van der Waals surface area contributed by atoms with Crippen molar-refractivity contribution in [2.45, 2.75) is 32.1 Å². The summed E-state index contributed by atoms with van der Waals surface area (Å²) in [6, 6.07) is 1.81. The van der Waals surface area contributed by atoms with E-state index in [0.29, 0.717) is 5.02 Å². The fourth-order valence-corrected chi connectivity index (χ4v) is 3.19. The lowest BCUT2D eigenvalue weighted by Gasteiger charge is -2.19. The molecule has 0 bridgehead atoms. The van der Waals surface area contributed by atoms with Crippen LogP contribution in [-0.4, -0.2) is 5.78 Å². The lowest BCUT2D eigenvalue weighted by Crippen LogP contribution is -2.17. The van der Waals surface area contributed by atoms with Gasteiger partial charge in [-0.05, 0) is 24.3 Å². The number of carbonyl (C=O) groups is 1. The van der Waals surface area contributed by atoms with Gasteiger partial charge in [0.1, 0.15) is 0 Å². The van der Waals surface area contributed by atoms with Crippen LogP contribution in [0.1, 0.15) is 41.8 Å². The van der Waals surface area contributed by atoms with Gasteiger partial charge in [-0.2, -0.15) is 0 Å². The molecule has 1 nitrogen and oxygen atoms in total. The van der Waals surface area contributed by atoms with Crippen LogP contribution in [0.5, 0.6) is 0 Å². The molecule has 3 heteroatoms. The van der Waals surface area contributed by atoms with Gasteiger partial charge in [-0.25, -0.2) is 0 Å². The van der Waals surface area contributed by atoms with Crippen molar-refractivity contribution in [2.75, 3.05) is 0 Å². The molecule has 1 saturated carbocycles. The highest BCUT2D eigenvalue weighted by atomic mass is 35.5. The van der Waals surface area contributed by atoms with Gasteiger partial charge < -0.3 is 0 Å². The molecule has 76 valence electrons. The predicted molar refractivity (Wildman–Crippen MR) is 60.2 cm³/mol. The van der Waals surface area contributed by atoms with Crippen LogP contribution in [0.15, 0.2) is 11.4 Å². The second-order valence-corrected chi connectivity index (χ2v) is 5.12. The minimum atomic E-state index is 0.236. The third kappa shape index (κ3) is 2.01. The van der Waals surface area contributed by atoms with Crippen molar-refractivity contribution in [3.05, 3.63) is 21.3 Å². The third-order valence-electron chi connectivity index (χ3n) is 2.82. The van der Waals surface area contributed by atoms with Gasteiger partial charge in [0.25, 0.3) is 0 Å². The molecule has 1 aliphatic rings. The summed E-state index contributed by atoms with van der Waals surface area (Å²) in [6.45, 7) is 0. The van der Waals surface area contributed by atoms with Gasteiger partial charge in [0, 0.05) is 5.92 Å². The molecular weight excluding hydrogens is 216 g/mol. The van der Waals surface area contributed by atoms with Crippen molar-refractivity contribution in [3.8, 4) is 0 Å². The molecule has 0 aliphatic heterocycles. The molecule has 1 aromatic heterocycles. The number of rotatable bonds is 2. The zero-order valence-electron chi connectivity index (χ0n) is 7.96. The number of halogens is 1. The Morgan fingerprint density at radius 1 is 1.36 bits per heavy atom. The summed E-state index contributed by atoms with van der Waals surface area (Å²) < 4.78 is 0. The number of hydrogen-bond donors (Lipinski definition) is 0. The molecule has 1 fully saturated rings. The summed E-state index contributed by atoms with van der Waals surface area (Å²) in [4.78, 5) is 12.8. The van der Waals surface area contributed by atoms with Crippen LogP contribution < -0.4 is 0 Å². The monoisotopic (exact) mass is 228 g/mol. The standard InChI is InChI=1S/C11H13ClOS/c12-9-6-7-14-11(9)10(13)8-4-2-1-3-5-8/h6-8H,1-5H2. The number of Topliss-reactive ketones (excluding diaryl/α,β-unsaturated/α-hetero) is 1. The van der Waals surface area contributed by atoms with Crippen molar-refractivity contribution in [2.24, 2.45) is 5.92 Å². The van der Waals surface area contributed by atoms with Gasteiger partial charge in [0.2, 0.25) is 0 Å². The fraction of sp³-hybridized carbons (Fsp3) is 0.545. The Labute approximate surface area is 93.1 Å². The van der Waals surface area contributed by atoms with E-state index in [1.165, 1.54) is 30.6 Å². The number of hydrogen-bond acceptors (Lipinski definition) is 2. The Kier molecular flexibility index (Phi) is 3.24. The van der Waals surface area contributed by atoms with E-state index in [4.69, 9.17) is 11.6 Å². The first-order valence-corrected chi connectivity index (χ1v) is 6.32. The van der Waals surface area contributed by atoms with Gasteiger partial charge in [0.15, 0.2) is 5.78 Å². The Hall–Kier alpha value is -0.340. The molecule has 0 saturated heterocycles. The van der Waals surface area contributed by atoms with E-state index in [1.807, 2.05) is 11.4 Å². The van der Waals surface area contributed by atoms with Crippen LogP contribution in [0.3, 0.4) is 0 Å². The molecule has 1 aliphatic carbocycles. The lowest BCUT2D eigenvalue weighted by atomic mass is 9.86. The Bertz CT molecular complexity index is 326. The Morgan fingerprint density at radius 2 is 2.07 bits per heavy atom. The first-order chi connectivity index (χ1) is 6.79. The quantitative estimate of drug-likeness (QED) is 0.695. The first kappa shape index (κ1) is 10.2. The van der Waals surface area contributed by atoms with Crippen LogP contribution in [0.25, 0.3) is 0 Å². The van der Waals surface area contributed by atoms with E-state index >= 15 is 0 Å². The largest absolute Gasteiger partial charge is 0.293 e. The van der Waals surface area contributed by atoms with Gasteiger partial charge in [0.05, 0.1) is 9.90 Å². The molecule has 0 amide bonds. The number of thiophene rings is 1. The average Bonchev–Trinajstić information content (AvgIpc) is 2.65. The molecule has 14 heavy (non-hydrogen) atoms. The summed E-state index contributed by atoms with van der Waals surface area (Å²) in [7, 11) is 0. The zero-order chi connectivity index (χ0) is 9.97. The summed E-state index contributed by atoms with van der Waals surface area (Å²) in [6.07, 6.45) is 5.76. The van der Waals surface area contributed by atoms with Gasteiger partial charge >= 0.3 is 0 Å². The molecule has 0 spiro atoms. The summed E-state index contributed by atoms with van der Waals surface area (Å²) in [5.41, 5.74) is 0. The maximum absolute atomic E-state index is 12.0. The minimum Gasteiger partial charge on any atom is -0.293 e. The van der Waals surface area contributed by atoms with E-state index in [1.54, 1.807) is 0 Å². The van der Waals surface area contributed by atoms with Crippen LogP contribution >= 0.6 is 22.9 Å². The van der Waals surface area contributed by atoms with Crippen LogP contribution in [0.2, 0.25) is 5.02 Å². The van der Waals surface area contributed by atoms with E-state index in [0.717, 1.165) is 17.7 Å². The van der Waals surface area contributed by atoms with Crippen molar-refractivity contribution >= 4 is 28.7 Å². The molecule has 0 aromatic carbocycles. The molecule has 0 atom stereocenters. The zero-order valence-corrected chi connectivity index (χ0v) is 9.53. The van der Waals surface area contributed by atoms with Gasteiger partial charge in [-0.3, -0.25) is 4.79 Å². The molecule has 1 aromatic rings. The maximum Gasteiger partial charge on any atom is 0.177 e.